The van der Waals surface area contributed by atoms with E-state index in [1.807, 2.05) is 0 Å². The van der Waals surface area contributed by atoms with Crippen LogP contribution in [0.15, 0.2) is 0 Å². The normalized spacial score (nSPS) is 34.2. The Labute approximate surface area is 115 Å². The van der Waals surface area contributed by atoms with E-state index in [1.54, 1.807) is 0 Å². The molecule has 4 atom stereocenters. The zero-order valence-electron chi connectivity index (χ0n) is 12.2. The molecule has 19 heavy (non-hydrogen) atoms. The zero-order chi connectivity index (χ0) is 13.8. The molecule has 2 aliphatic rings. The van der Waals surface area contributed by atoms with Gasteiger partial charge in [-0.2, -0.15) is 0 Å². The van der Waals surface area contributed by atoms with Gasteiger partial charge in [-0.3, -0.25) is 9.69 Å². The Morgan fingerprint density at radius 2 is 2.05 bits per heavy atom. The van der Waals surface area contributed by atoms with Crippen molar-refractivity contribution in [3.8, 4) is 0 Å². The van der Waals surface area contributed by atoms with Gasteiger partial charge < -0.3 is 14.8 Å². The predicted octanol–water partition coefficient (Wildman–Crippen LogP) is 0.779. The highest BCUT2D eigenvalue weighted by Crippen LogP contribution is 2.14. The van der Waals surface area contributed by atoms with Crippen LogP contribution < -0.4 is 5.32 Å². The summed E-state index contributed by atoms with van der Waals surface area (Å²) in [6.07, 6.45) is 2.15. The second-order valence-corrected chi connectivity index (χ2v) is 5.81. The molecule has 1 amide bonds. The Morgan fingerprint density at radius 3 is 2.63 bits per heavy atom. The molecule has 2 fully saturated rings. The number of hydrogen-bond acceptors (Lipinski definition) is 4. The van der Waals surface area contributed by atoms with Crippen molar-refractivity contribution >= 4 is 5.91 Å². The fourth-order valence-electron chi connectivity index (χ4n) is 2.85. The molecular formula is C14H26N2O3. The highest BCUT2D eigenvalue weighted by atomic mass is 16.5. The van der Waals surface area contributed by atoms with Crippen molar-refractivity contribution in [1.29, 1.82) is 0 Å². The Kier molecular flexibility index (Phi) is 5.19. The molecule has 0 spiro atoms. The lowest BCUT2D eigenvalue weighted by Crippen LogP contribution is -2.52. The molecule has 0 radical (unpaired) electrons. The summed E-state index contributed by atoms with van der Waals surface area (Å²) in [5.74, 6) is 0.0405. The quantitative estimate of drug-likeness (QED) is 0.820. The van der Waals surface area contributed by atoms with E-state index in [4.69, 9.17) is 9.47 Å². The molecule has 1 N–H and O–H groups in total. The molecule has 2 aliphatic heterocycles. The first kappa shape index (κ1) is 14.8. The molecule has 5 heteroatoms. The number of ether oxygens (including phenoxy) is 2. The fraction of sp³-hybridized carbons (Fsp3) is 0.929. The smallest absolute Gasteiger partial charge is 0.249 e. The monoisotopic (exact) mass is 270 g/mol. The van der Waals surface area contributed by atoms with Crippen molar-refractivity contribution in [3.63, 3.8) is 0 Å². The molecule has 0 bridgehead atoms. The summed E-state index contributed by atoms with van der Waals surface area (Å²) >= 11 is 0. The molecule has 2 heterocycles. The average Bonchev–Trinajstić information content (AvgIpc) is 2.88. The van der Waals surface area contributed by atoms with E-state index in [1.165, 1.54) is 0 Å². The highest BCUT2D eigenvalue weighted by molar-refractivity contribution is 5.80. The van der Waals surface area contributed by atoms with Crippen molar-refractivity contribution in [1.82, 2.24) is 10.2 Å². The fourth-order valence-corrected chi connectivity index (χ4v) is 2.85. The summed E-state index contributed by atoms with van der Waals surface area (Å²) in [5.41, 5.74) is 0. The van der Waals surface area contributed by atoms with Gasteiger partial charge in [-0.1, -0.05) is 0 Å². The van der Waals surface area contributed by atoms with Crippen molar-refractivity contribution in [2.75, 3.05) is 26.2 Å². The molecule has 0 aromatic carbocycles. The third kappa shape index (κ3) is 4.16. The molecular weight excluding hydrogens is 244 g/mol. The summed E-state index contributed by atoms with van der Waals surface area (Å²) in [4.78, 5) is 14.3. The first-order valence-corrected chi connectivity index (χ1v) is 7.35. The predicted molar refractivity (Wildman–Crippen MR) is 73.0 cm³/mol. The molecule has 0 unspecified atom stereocenters. The summed E-state index contributed by atoms with van der Waals surface area (Å²) in [5, 5.41) is 3.00. The third-order valence-electron chi connectivity index (χ3n) is 3.87. The first-order chi connectivity index (χ1) is 9.06. The van der Waals surface area contributed by atoms with Crippen LogP contribution in [-0.4, -0.2) is 61.4 Å². The number of rotatable bonds is 4. The highest BCUT2D eigenvalue weighted by Gasteiger charge is 2.27. The largest absolute Gasteiger partial charge is 0.373 e. The number of morpholine rings is 1. The van der Waals surface area contributed by atoms with Crippen LogP contribution in [0.3, 0.4) is 0 Å². The second-order valence-electron chi connectivity index (χ2n) is 5.81. The molecule has 0 aliphatic carbocycles. The Bertz CT molecular complexity index is 295. The van der Waals surface area contributed by atoms with Crippen LogP contribution in [0.5, 0.6) is 0 Å². The van der Waals surface area contributed by atoms with E-state index in [0.29, 0.717) is 19.2 Å². The van der Waals surface area contributed by atoms with Crippen LogP contribution in [0.1, 0.15) is 33.6 Å². The number of carbonyl (C=O) groups is 1. The molecule has 5 nitrogen and oxygen atoms in total. The lowest BCUT2D eigenvalue weighted by Gasteiger charge is -2.39. The van der Waals surface area contributed by atoms with E-state index < -0.39 is 0 Å². The van der Waals surface area contributed by atoms with Gasteiger partial charge in [0.2, 0.25) is 5.91 Å². The minimum absolute atomic E-state index is 0.0405. The van der Waals surface area contributed by atoms with Gasteiger partial charge in [0.15, 0.2) is 0 Å². The van der Waals surface area contributed by atoms with Crippen molar-refractivity contribution < 1.29 is 14.3 Å². The molecule has 0 aromatic heterocycles. The Morgan fingerprint density at radius 1 is 1.37 bits per heavy atom. The van der Waals surface area contributed by atoms with Crippen molar-refractivity contribution in [3.05, 3.63) is 0 Å². The first-order valence-electron chi connectivity index (χ1n) is 7.35. The van der Waals surface area contributed by atoms with Gasteiger partial charge in [-0.05, 0) is 33.6 Å². The maximum Gasteiger partial charge on any atom is 0.249 e. The summed E-state index contributed by atoms with van der Waals surface area (Å²) < 4.78 is 11.1. The van der Waals surface area contributed by atoms with Crippen LogP contribution in [0, 0.1) is 0 Å². The van der Waals surface area contributed by atoms with E-state index in [9.17, 15) is 4.79 Å². The maximum atomic E-state index is 11.9. The van der Waals surface area contributed by atoms with Crippen LogP contribution in [0.25, 0.3) is 0 Å². The van der Waals surface area contributed by atoms with Crippen LogP contribution in [0.4, 0.5) is 0 Å². The topological polar surface area (TPSA) is 50.8 Å². The van der Waals surface area contributed by atoms with Crippen LogP contribution >= 0.6 is 0 Å². The number of carbonyl (C=O) groups excluding carboxylic acids is 1. The standard InChI is InChI=1S/C14H26N2O3/c1-10(16-8-11(2)19-12(3)9-16)7-15-14(17)13-5-4-6-18-13/h10-13H,4-9H2,1-3H3,(H,15,17)/t10-,11-,12-,13-/m1/s1. The van der Waals surface area contributed by atoms with Gasteiger partial charge in [0, 0.05) is 32.3 Å². The maximum absolute atomic E-state index is 11.9. The molecule has 0 aromatic rings. The van der Waals surface area contributed by atoms with Crippen molar-refractivity contribution in [2.45, 2.75) is 58.0 Å². The molecule has 2 rings (SSSR count). The van der Waals surface area contributed by atoms with Crippen molar-refractivity contribution in [2.24, 2.45) is 0 Å². The molecule has 2 saturated heterocycles. The number of nitrogens with one attached hydrogen (secondary N) is 1. The molecule has 110 valence electrons. The number of nitrogens with zero attached hydrogens (tertiary/aromatic N) is 1. The number of hydrogen-bond donors (Lipinski definition) is 1. The van der Waals surface area contributed by atoms with Gasteiger partial charge in [0.25, 0.3) is 0 Å². The lowest BCUT2D eigenvalue weighted by atomic mass is 10.1. The van der Waals surface area contributed by atoms with E-state index >= 15 is 0 Å². The summed E-state index contributed by atoms with van der Waals surface area (Å²) in [6, 6.07) is 0.333. The summed E-state index contributed by atoms with van der Waals surface area (Å²) in [7, 11) is 0. The van der Waals surface area contributed by atoms with Gasteiger partial charge in [0.05, 0.1) is 12.2 Å². The SMILES string of the molecule is C[C@@H]1CN([C@H](C)CNC(=O)[C@H]2CCCO2)C[C@@H](C)O1. The zero-order valence-corrected chi connectivity index (χ0v) is 12.2. The van der Waals surface area contributed by atoms with Crippen LogP contribution in [-0.2, 0) is 14.3 Å². The minimum Gasteiger partial charge on any atom is -0.373 e. The molecule has 0 saturated carbocycles. The van der Waals surface area contributed by atoms with E-state index in [-0.39, 0.29) is 24.2 Å². The lowest BCUT2D eigenvalue weighted by molar-refractivity contribution is -0.130. The van der Waals surface area contributed by atoms with Gasteiger partial charge in [0.1, 0.15) is 6.10 Å². The Hall–Kier alpha value is -0.650. The van der Waals surface area contributed by atoms with Crippen LogP contribution in [0.2, 0.25) is 0 Å². The third-order valence-corrected chi connectivity index (χ3v) is 3.87. The second kappa shape index (κ2) is 6.68. The van der Waals surface area contributed by atoms with E-state index in [0.717, 1.165) is 25.9 Å². The van der Waals surface area contributed by atoms with Gasteiger partial charge >= 0.3 is 0 Å². The van der Waals surface area contributed by atoms with Gasteiger partial charge in [-0.15, -0.1) is 0 Å². The summed E-state index contributed by atoms with van der Waals surface area (Å²) in [6.45, 7) is 9.61. The average molecular weight is 270 g/mol. The Balaban J connectivity index is 1.74. The van der Waals surface area contributed by atoms with Gasteiger partial charge in [-0.25, -0.2) is 0 Å². The van der Waals surface area contributed by atoms with E-state index in [2.05, 4.69) is 31.0 Å². The minimum atomic E-state index is -0.227. The number of amides is 1.